The van der Waals surface area contributed by atoms with Gasteiger partial charge in [-0.15, -0.1) is 0 Å². The highest BCUT2D eigenvalue weighted by atomic mass is 16.6. The summed E-state index contributed by atoms with van der Waals surface area (Å²) in [5, 5.41) is 10.8. The zero-order valence-electron chi connectivity index (χ0n) is 10.4. The molecule has 1 saturated carbocycles. The van der Waals surface area contributed by atoms with Crippen LogP contribution in [0.25, 0.3) is 0 Å². The molecule has 3 N–H and O–H groups in total. The number of anilines is 1. The largest absolute Gasteiger partial charge is 0.324 e. The van der Waals surface area contributed by atoms with Crippen molar-refractivity contribution in [3.8, 4) is 0 Å². The Morgan fingerprint density at radius 2 is 2.28 bits per heavy atom. The average Bonchev–Trinajstić information content (AvgIpc) is 3.19. The van der Waals surface area contributed by atoms with Gasteiger partial charge in [-0.2, -0.15) is 0 Å². The number of nitrogen functional groups attached to an aromatic ring is 1. The van der Waals surface area contributed by atoms with E-state index in [1.807, 2.05) is 0 Å². The second-order valence-corrected chi connectivity index (χ2v) is 4.54. The first-order valence-corrected chi connectivity index (χ1v) is 6.13. The molecule has 2 rings (SSSR count). The van der Waals surface area contributed by atoms with E-state index in [4.69, 9.17) is 5.84 Å². The molecule has 0 aliphatic heterocycles. The number of hydrazine groups is 1. The monoisotopic (exact) mass is 250 g/mol. The third-order valence-corrected chi connectivity index (χ3v) is 3.30. The molecule has 1 fully saturated rings. The van der Waals surface area contributed by atoms with E-state index >= 15 is 0 Å². The maximum atomic E-state index is 10.8. The van der Waals surface area contributed by atoms with Crippen LogP contribution >= 0.6 is 0 Å². The smallest absolute Gasteiger partial charge is 0.269 e. The molecular weight excluding hydrogens is 232 g/mol. The van der Waals surface area contributed by atoms with Gasteiger partial charge in [0, 0.05) is 24.7 Å². The molecule has 6 nitrogen and oxygen atoms in total. The molecule has 0 amide bonds. The molecule has 0 bridgehead atoms. The highest BCUT2D eigenvalue weighted by Gasteiger charge is 2.28. The van der Waals surface area contributed by atoms with Gasteiger partial charge >= 0.3 is 0 Å². The first kappa shape index (κ1) is 12.8. The molecule has 0 atom stereocenters. The molecule has 0 unspecified atom stereocenters. The van der Waals surface area contributed by atoms with Gasteiger partial charge < -0.3 is 5.43 Å². The quantitative estimate of drug-likeness (QED) is 0.457. The third kappa shape index (κ3) is 2.77. The minimum Gasteiger partial charge on any atom is -0.324 e. The van der Waals surface area contributed by atoms with E-state index in [0.29, 0.717) is 12.6 Å². The van der Waals surface area contributed by atoms with Crippen LogP contribution in [0.5, 0.6) is 0 Å². The number of nitro groups is 1. The summed E-state index contributed by atoms with van der Waals surface area (Å²) >= 11 is 0. The number of nitrogens with zero attached hydrogens (tertiary/aromatic N) is 2. The molecule has 98 valence electrons. The molecule has 18 heavy (non-hydrogen) atoms. The molecule has 0 radical (unpaired) electrons. The Labute approximate surface area is 106 Å². The number of hydrogen-bond donors (Lipinski definition) is 2. The molecule has 0 heterocycles. The van der Waals surface area contributed by atoms with Gasteiger partial charge in [0.05, 0.1) is 10.6 Å². The lowest BCUT2D eigenvalue weighted by Crippen LogP contribution is -2.26. The zero-order valence-corrected chi connectivity index (χ0v) is 10.4. The van der Waals surface area contributed by atoms with Crippen molar-refractivity contribution < 1.29 is 4.92 Å². The summed E-state index contributed by atoms with van der Waals surface area (Å²) < 4.78 is 0. The first-order valence-electron chi connectivity index (χ1n) is 6.13. The van der Waals surface area contributed by atoms with Crippen LogP contribution in [-0.2, 0) is 6.54 Å². The van der Waals surface area contributed by atoms with Crippen LogP contribution in [0.15, 0.2) is 18.2 Å². The standard InChI is InChI=1S/C12H18N4O2/c1-2-15(10-3-4-10)8-9-7-11(16(17)18)5-6-12(9)14-13/h5-7,10,14H,2-4,8,13H2,1H3. The summed E-state index contributed by atoms with van der Waals surface area (Å²) in [7, 11) is 0. The number of nitrogens with two attached hydrogens (primary N) is 1. The molecular formula is C12H18N4O2. The normalized spacial score (nSPS) is 14.8. The minimum absolute atomic E-state index is 0.107. The van der Waals surface area contributed by atoms with Crippen LogP contribution in [0.4, 0.5) is 11.4 Å². The molecule has 1 aliphatic rings. The van der Waals surface area contributed by atoms with Gasteiger partial charge in [-0.05, 0) is 31.0 Å². The number of nitro benzene ring substituents is 1. The first-order chi connectivity index (χ1) is 8.65. The predicted octanol–water partition coefficient (Wildman–Crippen LogP) is 1.86. The van der Waals surface area contributed by atoms with Crippen molar-refractivity contribution in [2.75, 3.05) is 12.0 Å². The van der Waals surface area contributed by atoms with Gasteiger partial charge in [0.15, 0.2) is 0 Å². The van der Waals surface area contributed by atoms with E-state index in [2.05, 4.69) is 17.2 Å². The highest BCUT2D eigenvalue weighted by molar-refractivity contribution is 5.55. The van der Waals surface area contributed by atoms with Gasteiger partial charge in [-0.1, -0.05) is 6.92 Å². The van der Waals surface area contributed by atoms with E-state index < -0.39 is 0 Å². The van der Waals surface area contributed by atoms with Crippen LogP contribution in [0.1, 0.15) is 25.3 Å². The highest BCUT2D eigenvalue weighted by Crippen LogP contribution is 2.30. The van der Waals surface area contributed by atoms with Gasteiger partial charge in [0.25, 0.3) is 5.69 Å². The maximum Gasteiger partial charge on any atom is 0.269 e. The summed E-state index contributed by atoms with van der Waals surface area (Å²) in [6.45, 7) is 3.74. The minimum atomic E-state index is -0.378. The number of hydrogen-bond acceptors (Lipinski definition) is 5. The second kappa shape index (κ2) is 5.32. The van der Waals surface area contributed by atoms with E-state index in [-0.39, 0.29) is 10.6 Å². The molecule has 0 spiro atoms. The summed E-state index contributed by atoms with van der Waals surface area (Å²) in [6.07, 6.45) is 2.43. The Hall–Kier alpha value is -1.66. The van der Waals surface area contributed by atoms with Gasteiger partial charge in [-0.25, -0.2) is 0 Å². The SMILES string of the molecule is CCN(Cc1cc([N+](=O)[O-])ccc1NN)C1CC1. The summed E-state index contributed by atoms with van der Waals surface area (Å²) in [5.74, 6) is 5.45. The third-order valence-electron chi connectivity index (χ3n) is 3.30. The topological polar surface area (TPSA) is 84.4 Å². The van der Waals surface area contributed by atoms with E-state index in [9.17, 15) is 10.1 Å². The Bertz CT molecular complexity index is 446. The number of benzene rings is 1. The number of rotatable bonds is 6. The van der Waals surface area contributed by atoms with Crippen molar-refractivity contribution in [1.82, 2.24) is 4.90 Å². The fourth-order valence-corrected chi connectivity index (χ4v) is 2.12. The van der Waals surface area contributed by atoms with Gasteiger partial charge in [0.2, 0.25) is 0 Å². The predicted molar refractivity (Wildman–Crippen MR) is 70.0 cm³/mol. The molecule has 1 aliphatic carbocycles. The molecule has 1 aromatic rings. The number of nitrogens with one attached hydrogen (secondary N) is 1. The summed E-state index contributed by atoms with van der Waals surface area (Å²) in [6, 6.07) is 5.35. The lowest BCUT2D eigenvalue weighted by Gasteiger charge is -2.21. The Balaban J connectivity index is 2.22. The Morgan fingerprint density at radius 1 is 1.56 bits per heavy atom. The average molecular weight is 250 g/mol. The van der Waals surface area contributed by atoms with Crippen LogP contribution in [-0.4, -0.2) is 22.4 Å². The van der Waals surface area contributed by atoms with Gasteiger partial charge in [-0.3, -0.25) is 20.9 Å². The van der Waals surface area contributed by atoms with Crippen molar-refractivity contribution in [3.63, 3.8) is 0 Å². The summed E-state index contributed by atoms with van der Waals surface area (Å²) in [4.78, 5) is 12.7. The van der Waals surface area contributed by atoms with Crippen molar-refractivity contribution in [2.45, 2.75) is 32.4 Å². The second-order valence-electron chi connectivity index (χ2n) is 4.54. The molecule has 0 saturated heterocycles. The molecule has 0 aromatic heterocycles. The van der Waals surface area contributed by atoms with Crippen molar-refractivity contribution in [3.05, 3.63) is 33.9 Å². The van der Waals surface area contributed by atoms with Gasteiger partial charge in [0.1, 0.15) is 0 Å². The fraction of sp³-hybridized carbons (Fsp3) is 0.500. The lowest BCUT2D eigenvalue weighted by molar-refractivity contribution is -0.384. The van der Waals surface area contributed by atoms with Crippen LogP contribution in [0.2, 0.25) is 0 Å². The fourth-order valence-electron chi connectivity index (χ4n) is 2.12. The zero-order chi connectivity index (χ0) is 13.1. The van der Waals surface area contributed by atoms with Crippen molar-refractivity contribution in [2.24, 2.45) is 5.84 Å². The molecule has 1 aromatic carbocycles. The Morgan fingerprint density at radius 3 is 2.78 bits per heavy atom. The summed E-state index contributed by atoms with van der Waals surface area (Å²) in [5.41, 5.74) is 4.33. The number of non-ortho nitro benzene ring substituents is 1. The van der Waals surface area contributed by atoms with Crippen LogP contribution in [0, 0.1) is 10.1 Å². The van der Waals surface area contributed by atoms with E-state index in [1.54, 1.807) is 12.1 Å². The van der Waals surface area contributed by atoms with Crippen LogP contribution < -0.4 is 11.3 Å². The Kier molecular flexibility index (Phi) is 3.78. The van der Waals surface area contributed by atoms with E-state index in [1.165, 1.54) is 18.9 Å². The lowest BCUT2D eigenvalue weighted by atomic mass is 10.1. The van der Waals surface area contributed by atoms with Crippen LogP contribution in [0.3, 0.4) is 0 Å². The van der Waals surface area contributed by atoms with E-state index in [0.717, 1.165) is 17.8 Å². The maximum absolute atomic E-state index is 10.8. The van der Waals surface area contributed by atoms with Crippen molar-refractivity contribution >= 4 is 11.4 Å². The van der Waals surface area contributed by atoms with Crippen molar-refractivity contribution in [1.29, 1.82) is 0 Å². The molecule has 6 heteroatoms.